The fraction of sp³-hybridized carbons (Fsp3) is 0.476. The van der Waals surface area contributed by atoms with Crippen molar-refractivity contribution in [2.24, 2.45) is 25.9 Å². The molecule has 1 aliphatic rings. The van der Waals surface area contributed by atoms with E-state index in [9.17, 15) is 9.59 Å². The first-order valence-corrected chi connectivity index (χ1v) is 9.82. The highest BCUT2D eigenvalue weighted by Crippen LogP contribution is 2.28. The molecule has 0 unspecified atom stereocenters. The predicted octanol–water partition coefficient (Wildman–Crippen LogP) is 1.96. The first-order chi connectivity index (χ1) is 13.4. The maximum atomic E-state index is 13.0. The minimum absolute atomic E-state index is 0.300. The molecule has 4 rings (SSSR count). The van der Waals surface area contributed by atoms with Crippen LogP contribution in [-0.4, -0.2) is 31.8 Å². The maximum absolute atomic E-state index is 13.0. The highest BCUT2D eigenvalue weighted by molar-refractivity contribution is 5.74. The molecule has 0 spiro atoms. The monoisotopic (exact) mass is 381 g/mol. The molecule has 1 aliphatic heterocycles. The lowest BCUT2D eigenvalue weighted by atomic mass is 9.92. The van der Waals surface area contributed by atoms with Crippen molar-refractivity contribution in [1.82, 2.24) is 18.7 Å². The molecule has 0 saturated carbocycles. The Morgan fingerprint density at radius 3 is 2.29 bits per heavy atom. The summed E-state index contributed by atoms with van der Waals surface area (Å²) >= 11 is 0. The fourth-order valence-electron chi connectivity index (χ4n) is 4.42. The summed E-state index contributed by atoms with van der Waals surface area (Å²) in [5.41, 5.74) is 1.37. The average Bonchev–Trinajstić information content (AvgIpc) is 3.04. The molecule has 0 N–H and O–H groups in total. The zero-order valence-corrected chi connectivity index (χ0v) is 16.9. The van der Waals surface area contributed by atoms with Gasteiger partial charge in [0, 0.05) is 27.2 Å². The van der Waals surface area contributed by atoms with Crippen LogP contribution in [0.25, 0.3) is 11.2 Å². The zero-order valence-electron chi connectivity index (χ0n) is 16.9. The van der Waals surface area contributed by atoms with Crippen LogP contribution in [0.3, 0.4) is 0 Å². The van der Waals surface area contributed by atoms with E-state index < -0.39 is 0 Å². The molecule has 1 saturated heterocycles. The lowest BCUT2D eigenvalue weighted by Crippen LogP contribution is -2.40. The molecule has 0 aliphatic carbocycles. The predicted molar refractivity (Wildman–Crippen MR) is 111 cm³/mol. The number of benzene rings is 1. The van der Waals surface area contributed by atoms with E-state index >= 15 is 0 Å². The largest absolute Gasteiger partial charge is 0.342 e. The summed E-state index contributed by atoms with van der Waals surface area (Å²) in [4.78, 5) is 32.5. The van der Waals surface area contributed by atoms with Crippen LogP contribution in [0, 0.1) is 11.8 Å². The van der Waals surface area contributed by atoms with Crippen LogP contribution in [0.1, 0.15) is 25.8 Å². The molecule has 7 heteroatoms. The SMILES string of the molecule is C[C@H]1C[C@H](C)CN(c2nc3c(c(=O)n(C)c(=O)n3C)n2Cc2ccccc2)C1. The number of imidazole rings is 1. The van der Waals surface area contributed by atoms with Gasteiger partial charge < -0.3 is 4.90 Å². The van der Waals surface area contributed by atoms with Gasteiger partial charge in [-0.15, -0.1) is 0 Å². The Balaban J connectivity index is 1.96. The van der Waals surface area contributed by atoms with Crippen molar-refractivity contribution in [2.45, 2.75) is 26.8 Å². The van der Waals surface area contributed by atoms with E-state index in [0.29, 0.717) is 29.5 Å². The van der Waals surface area contributed by atoms with Crippen molar-refractivity contribution >= 4 is 17.1 Å². The van der Waals surface area contributed by atoms with E-state index in [2.05, 4.69) is 18.7 Å². The van der Waals surface area contributed by atoms with Gasteiger partial charge in [0.05, 0.1) is 6.54 Å². The molecular formula is C21H27N5O2. The Hall–Kier alpha value is -2.83. The molecule has 28 heavy (non-hydrogen) atoms. The summed E-state index contributed by atoms with van der Waals surface area (Å²) in [6.07, 6.45) is 1.19. The van der Waals surface area contributed by atoms with Crippen molar-refractivity contribution in [3.8, 4) is 0 Å². The lowest BCUT2D eigenvalue weighted by molar-refractivity contribution is 0.352. The Morgan fingerprint density at radius 1 is 1.00 bits per heavy atom. The van der Waals surface area contributed by atoms with E-state index in [1.54, 1.807) is 7.05 Å². The van der Waals surface area contributed by atoms with Gasteiger partial charge >= 0.3 is 5.69 Å². The Bertz CT molecular complexity index is 1120. The Morgan fingerprint density at radius 2 is 1.64 bits per heavy atom. The van der Waals surface area contributed by atoms with Gasteiger partial charge in [-0.3, -0.25) is 18.5 Å². The van der Waals surface area contributed by atoms with Crippen LogP contribution in [0.4, 0.5) is 5.95 Å². The number of aromatic nitrogens is 4. The summed E-state index contributed by atoms with van der Waals surface area (Å²) in [6.45, 7) is 6.84. The second kappa shape index (κ2) is 6.96. The van der Waals surface area contributed by atoms with Crippen LogP contribution in [-0.2, 0) is 20.6 Å². The van der Waals surface area contributed by atoms with Crippen LogP contribution < -0.4 is 16.1 Å². The third-order valence-electron chi connectivity index (χ3n) is 5.66. The van der Waals surface area contributed by atoms with Crippen LogP contribution in [0.2, 0.25) is 0 Å². The van der Waals surface area contributed by atoms with Gasteiger partial charge in [0.15, 0.2) is 11.2 Å². The number of hydrogen-bond donors (Lipinski definition) is 0. The lowest BCUT2D eigenvalue weighted by Gasteiger charge is -2.35. The number of rotatable bonds is 3. The molecule has 0 bridgehead atoms. The molecule has 7 nitrogen and oxygen atoms in total. The van der Waals surface area contributed by atoms with Crippen LogP contribution in [0.5, 0.6) is 0 Å². The van der Waals surface area contributed by atoms with E-state index in [1.165, 1.54) is 18.0 Å². The van der Waals surface area contributed by atoms with Gasteiger partial charge in [0.2, 0.25) is 5.95 Å². The molecular weight excluding hydrogens is 354 g/mol. The number of aryl methyl sites for hydroxylation is 1. The van der Waals surface area contributed by atoms with Gasteiger partial charge in [-0.25, -0.2) is 4.79 Å². The molecule has 148 valence electrons. The van der Waals surface area contributed by atoms with Gasteiger partial charge in [-0.2, -0.15) is 4.98 Å². The minimum atomic E-state index is -0.353. The second-order valence-electron chi connectivity index (χ2n) is 8.21. The number of fused-ring (bicyclic) bond motifs is 1. The number of piperidine rings is 1. The summed E-state index contributed by atoms with van der Waals surface area (Å²) in [5.74, 6) is 1.89. The van der Waals surface area contributed by atoms with Crippen molar-refractivity contribution in [3.63, 3.8) is 0 Å². The van der Waals surface area contributed by atoms with E-state index in [0.717, 1.165) is 29.2 Å². The quantitative estimate of drug-likeness (QED) is 0.696. The van der Waals surface area contributed by atoms with E-state index in [1.807, 2.05) is 34.9 Å². The third-order valence-corrected chi connectivity index (χ3v) is 5.66. The molecule has 1 aromatic carbocycles. The fourth-order valence-corrected chi connectivity index (χ4v) is 4.42. The van der Waals surface area contributed by atoms with Gasteiger partial charge in [0.25, 0.3) is 5.56 Å². The third kappa shape index (κ3) is 3.04. The van der Waals surface area contributed by atoms with E-state index in [4.69, 9.17) is 4.98 Å². The summed E-state index contributed by atoms with van der Waals surface area (Å²) in [5, 5.41) is 0. The van der Waals surface area contributed by atoms with Gasteiger partial charge in [-0.1, -0.05) is 44.2 Å². The molecule has 2 atom stereocenters. The van der Waals surface area contributed by atoms with E-state index in [-0.39, 0.29) is 11.2 Å². The smallest absolute Gasteiger partial charge is 0.332 e. The standard InChI is InChI=1S/C21H27N5O2/c1-14-10-15(2)12-25(11-14)20-22-18-17(19(27)24(4)21(28)23(18)3)26(20)13-16-8-6-5-7-9-16/h5-9,14-15H,10-13H2,1-4H3/t14-,15-/m0/s1. The van der Waals surface area contributed by atoms with Crippen molar-refractivity contribution in [1.29, 1.82) is 0 Å². The first-order valence-electron chi connectivity index (χ1n) is 9.82. The van der Waals surface area contributed by atoms with Crippen molar-refractivity contribution in [2.75, 3.05) is 18.0 Å². The Kier molecular flexibility index (Phi) is 4.61. The molecule has 2 aromatic heterocycles. The van der Waals surface area contributed by atoms with Crippen molar-refractivity contribution < 1.29 is 0 Å². The van der Waals surface area contributed by atoms with Crippen LogP contribution >= 0.6 is 0 Å². The molecule has 1 fully saturated rings. The number of anilines is 1. The van der Waals surface area contributed by atoms with Gasteiger partial charge in [0.1, 0.15) is 0 Å². The maximum Gasteiger partial charge on any atom is 0.332 e. The molecule has 3 heterocycles. The number of hydrogen-bond acceptors (Lipinski definition) is 4. The normalized spacial score (nSPS) is 20.1. The first kappa shape index (κ1) is 18.5. The highest BCUT2D eigenvalue weighted by atomic mass is 16.2. The average molecular weight is 381 g/mol. The highest BCUT2D eigenvalue weighted by Gasteiger charge is 2.28. The molecule has 3 aromatic rings. The molecule has 0 radical (unpaired) electrons. The molecule has 0 amide bonds. The number of nitrogens with zero attached hydrogens (tertiary/aromatic N) is 5. The zero-order chi connectivity index (χ0) is 20.0. The minimum Gasteiger partial charge on any atom is -0.342 e. The summed E-state index contributed by atoms with van der Waals surface area (Å²) in [7, 11) is 3.20. The van der Waals surface area contributed by atoms with Crippen molar-refractivity contribution in [3.05, 3.63) is 56.7 Å². The second-order valence-corrected chi connectivity index (χ2v) is 8.21. The topological polar surface area (TPSA) is 65.1 Å². The Labute approximate surface area is 163 Å². The summed E-state index contributed by atoms with van der Waals surface area (Å²) < 4.78 is 4.62. The van der Waals surface area contributed by atoms with Crippen LogP contribution in [0.15, 0.2) is 39.9 Å². The van der Waals surface area contributed by atoms with Gasteiger partial charge in [-0.05, 0) is 23.8 Å². The summed E-state index contributed by atoms with van der Waals surface area (Å²) in [6, 6.07) is 10.1.